The third kappa shape index (κ3) is 3.84. The van der Waals surface area contributed by atoms with Crippen molar-refractivity contribution in [1.29, 1.82) is 0 Å². The van der Waals surface area contributed by atoms with Crippen LogP contribution >= 0.6 is 0 Å². The average molecular weight is 443 g/mol. The number of anilines is 1. The van der Waals surface area contributed by atoms with Crippen molar-refractivity contribution < 1.29 is 24.2 Å². The van der Waals surface area contributed by atoms with E-state index in [0.717, 1.165) is 11.1 Å². The zero-order valence-electron chi connectivity index (χ0n) is 19.0. The lowest BCUT2D eigenvalue weighted by atomic mass is 9.94. The van der Waals surface area contributed by atoms with Crippen molar-refractivity contribution in [2.24, 2.45) is 0 Å². The fourth-order valence-electron chi connectivity index (χ4n) is 4.06. The first-order valence-corrected chi connectivity index (χ1v) is 10.5. The van der Waals surface area contributed by atoms with Crippen molar-refractivity contribution >= 4 is 23.1 Å². The first-order chi connectivity index (χ1) is 15.9. The summed E-state index contributed by atoms with van der Waals surface area (Å²) < 4.78 is 10.7. The number of benzene rings is 3. The van der Waals surface area contributed by atoms with E-state index in [2.05, 4.69) is 0 Å². The molecule has 1 heterocycles. The van der Waals surface area contributed by atoms with Gasteiger partial charge in [-0.2, -0.15) is 0 Å². The first kappa shape index (κ1) is 22.1. The summed E-state index contributed by atoms with van der Waals surface area (Å²) in [5.41, 5.74) is 3.69. The van der Waals surface area contributed by atoms with Crippen LogP contribution in [0.1, 0.15) is 28.3 Å². The van der Waals surface area contributed by atoms with Crippen LogP contribution in [-0.2, 0) is 9.59 Å². The summed E-state index contributed by atoms with van der Waals surface area (Å²) in [6.07, 6.45) is 0. The zero-order chi connectivity index (χ0) is 23.7. The first-order valence-electron chi connectivity index (χ1n) is 10.5. The molecule has 1 saturated heterocycles. The summed E-state index contributed by atoms with van der Waals surface area (Å²) in [4.78, 5) is 28.0. The molecule has 1 aliphatic heterocycles. The number of aliphatic hydroxyl groups is 1. The third-order valence-electron chi connectivity index (χ3n) is 5.99. The van der Waals surface area contributed by atoms with Crippen LogP contribution in [0.15, 0.2) is 72.3 Å². The van der Waals surface area contributed by atoms with Gasteiger partial charge in [-0.15, -0.1) is 0 Å². The highest BCUT2D eigenvalue weighted by atomic mass is 16.5. The number of hydrogen-bond acceptors (Lipinski definition) is 5. The number of hydrogen-bond donors (Lipinski definition) is 1. The van der Waals surface area contributed by atoms with Crippen molar-refractivity contribution in [3.63, 3.8) is 0 Å². The standard InChI is InChI=1S/C27H25NO5/c1-16-10-11-19(14-17(16)2)28-24(18-8-6-5-7-9-18)23(26(30)27(28)31)25(29)21-13-12-20(32-3)15-22(21)33-4/h5-15,24,29H,1-4H3/b25-23-. The molecule has 6 heteroatoms. The van der Waals surface area contributed by atoms with Gasteiger partial charge in [0.25, 0.3) is 11.7 Å². The second-order valence-electron chi connectivity index (χ2n) is 7.91. The van der Waals surface area contributed by atoms with Crippen LogP contribution < -0.4 is 14.4 Å². The Morgan fingerprint density at radius 2 is 1.61 bits per heavy atom. The number of carbonyl (C=O) groups is 2. The van der Waals surface area contributed by atoms with Gasteiger partial charge in [-0.3, -0.25) is 14.5 Å². The quantitative estimate of drug-likeness (QED) is 0.343. The Kier molecular flexibility index (Phi) is 5.92. The van der Waals surface area contributed by atoms with Gasteiger partial charge in [0.1, 0.15) is 17.3 Å². The number of nitrogens with zero attached hydrogens (tertiary/aromatic N) is 1. The number of amides is 1. The Hall–Kier alpha value is -4.06. The van der Waals surface area contributed by atoms with Gasteiger partial charge in [-0.05, 0) is 54.8 Å². The molecule has 0 aliphatic carbocycles. The SMILES string of the molecule is COc1ccc(/C(O)=C2/C(=O)C(=O)N(c3ccc(C)c(C)c3)C2c2ccccc2)c(OC)c1. The van der Waals surface area contributed by atoms with Crippen molar-refractivity contribution in [3.05, 3.63) is 94.6 Å². The number of methoxy groups -OCH3 is 2. The number of ether oxygens (including phenoxy) is 2. The van der Waals surface area contributed by atoms with E-state index >= 15 is 0 Å². The maximum absolute atomic E-state index is 13.3. The van der Waals surface area contributed by atoms with E-state index in [1.807, 2.05) is 62.4 Å². The smallest absolute Gasteiger partial charge is 0.300 e. The van der Waals surface area contributed by atoms with E-state index in [0.29, 0.717) is 28.3 Å². The Balaban J connectivity index is 1.96. The molecule has 1 amide bonds. The summed E-state index contributed by atoms with van der Waals surface area (Å²) in [7, 11) is 2.99. The van der Waals surface area contributed by atoms with Crippen LogP contribution in [0.4, 0.5) is 5.69 Å². The van der Waals surface area contributed by atoms with Gasteiger partial charge in [0, 0.05) is 11.8 Å². The Morgan fingerprint density at radius 3 is 2.24 bits per heavy atom. The highest BCUT2D eigenvalue weighted by molar-refractivity contribution is 6.51. The number of aryl methyl sites for hydroxylation is 2. The van der Waals surface area contributed by atoms with Crippen LogP contribution in [0, 0.1) is 13.8 Å². The van der Waals surface area contributed by atoms with E-state index in [1.54, 1.807) is 18.2 Å². The molecule has 1 unspecified atom stereocenters. The minimum absolute atomic E-state index is 0.00731. The number of rotatable bonds is 5. The summed E-state index contributed by atoms with van der Waals surface area (Å²) in [5, 5.41) is 11.3. The van der Waals surface area contributed by atoms with Gasteiger partial charge in [0.05, 0.1) is 31.4 Å². The topological polar surface area (TPSA) is 76.1 Å². The van der Waals surface area contributed by atoms with Crippen LogP contribution in [0.25, 0.3) is 5.76 Å². The molecule has 1 fully saturated rings. The van der Waals surface area contributed by atoms with E-state index in [4.69, 9.17) is 9.47 Å². The van der Waals surface area contributed by atoms with Crippen molar-refractivity contribution in [2.45, 2.75) is 19.9 Å². The molecule has 1 N–H and O–H groups in total. The van der Waals surface area contributed by atoms with Crippen LogP contribution in [0.5, 0.6) is 11.5 Å². The summed E-state index contributed by atoms with van der Waals surface area (Å²) in [6, 6.07) is 18.9. The molecule has 1 aliphatic rings. The minimum Gasteiger partial charge on any atom is -0.507 e. The Labute approximate surface area is 192 Å². The lowest BCUT2D eigenvalue weighted by Crippen LogP contribution is -2.29. The minimum atomic E-state index is -0.792. The Bertz CT molecular complexity index is 1260. The molecule has 3 aromatic rings. The van der Waals surface area contributed by atoms with Crippen molar-refractivity contribution in [3.8, 4) is 11.5 Å². The lowest BCUT2D eigenvalue weighted by molar-refractivity contribution is -0.132. The molecule has 3 aromatic carbocycles. The molecule has 1 atom stereocenters. The van der Waals surface area contributed by atoms with Crippen LogP contribution in [-0.4, -0.2) is 31.0 Å². The molecule has 168 valence electrons. The monoisotopic (exact) mass is 443 g/mol. The third-order valence-corrected chi connectivity index (χ3v) is 5.99. The van der Waals surface area contributed by atoms with Crippen molar-refractivity contribution in [2.75, 3.05) is 19.1 Å². The summed E-state index contributed by atoms with van der Waals surface area (Å²) >= 11 is 0. The van der Waals surface area contributed by atoms with Crippen LogP contribution in [0.2, 0.25) is 0 Å². The fourth-order valence-corrected chi connectivity index (χ4v) is 4.06. The fraction of sp³-hybridized carbons (Fsp3) is 0.185. The maximum Gasteiger partial charge on any atom is 0.300 e. The molecule has 4 rings (SSSR count). The molecule has 0 saturated carbocycles. The van der Waals surface area contributed by atoms with Gasteiger partial charge in [-0.1, -0.05) is 36.4 Å². The molecule has 6 nitrogen and oxygen atoms in total. The molecule has 33 heavy (non-hydrogen) atoms. The van der Waals surface area contributed by atoms with E-state index in [-0.39, 0.29) is 11.3 Å². The lowest BCUT2D eigenvalue weighted by Gasteiger charge is -2.26. The molecule has 0 radical (unpaired) electrons. The van der Waals surface area contributed by atoms with Gasteiger partial charge in [-0.25, -0.2) is 0 Å². The van der Waals surface area contributed by atoms with Gasteiger partial charge in [0.2, 0.25) is 0 Å². The number of aliphatic hydroxyl groups excluding tert-OH is 1. The van der Waals surface area contributed by atoms with E-state index in [9.17, 15) is 14.7 Å². The molecular formula is C27H25NO5. The number of Topliss-reactive ketones (excluding diaryl/α,β-unsaturated/α-hetero) is 1. The predicted octanol–water partition coefficient (Wildman–Crippen LogP) is 4.95. The van der Waals surface area contributed by atoms with Gasteiger partial charge < -0.3 is 14.6 Å². The largest absolute Gasteiger partial charge is 0.507 e. The number of ketones is 1. The summed E-state index contributed by atoms with van der Waals surface area (Å²) in [6.45, 7) is 3.94. The second-order valence-corrected chi connectivity index (χ2v) is 7.91. The maximum atomic E-state index is 13.3. The van der Waals surface area contributed by atoms with Crippen molar-refractivity contribution in [1.82, 2.24) is 0 Å². The van der Waals surface area contributed by atoms with Gasteiger partial charge >= 0.3 is 0 Å². The Morgan fingerprint density at radius 1 is 0.879 bits per heavy atom. The average Bonchev–Trinajstić information content (AvgIpc) is 3.11. The predicted molar refractivity (Wildman–Crippen MR) is 127 cm³/mol. The molecule has 0 spiro atoms. The molecule has 0 aromatic heterocycles. The second kappa shape index (κ2) is 8.82. The van der Waals surface area contributed by atoms with E-state index in [1.165, 1.54) is 19.1 Å². The van der Waals surface area contributed by atoms with E-state index < -0.39 is 17.7 Å². The highest BCUT2D eigenvalue weighted by Crippen LogP contribution is 2.43. The summed E-state index contributed by atoms with van der Waals surface area (Å²) in [5.74, 6) is -0.874. The normalized spacial score (nSPS) is 17.3. The molecular weight excluding hydrogens is 418 g/mol. The van der Waals surface area contributed by atoms with Crippen LogP contribution in [0.3, 0.4) is 0 Å². The number of carbonyl (C=O) groups excluding carboxylic acids is 2. The zero-order valence-corrected chi connectivity index (χ0v) is 19.0. The van der Waals surface area contributed by atoms with Gasteiger partial charge in [0.15, 0.2) is 0 Å². The molecule has 0 bridgehead atoms. The highest BCUT2D eigenvalue weighted by Gasteiger charge is 2.47.